The number of hydrogen-bond acceptors (Lipinski definition) is 5. The number of aliphatic carboxylic acids is 1. The van der Waals surface area contributed by atoms with Gasteiger partial charge in [0.2, 0.25) is 0 Å². The highest BCUT2D eigenvalue weighted by Gasteiger charge is 2.19. The van der Waals surface area contributed by atoms with Crippen LogP contribution in [0.3, 0.4) is 0 Å². The van der Waals surface area contributed by atoms with Crippen molar-refractivity contribution in [2.45, 2.75) is 31.9 Å². The number of aliphatic hydroxyl groups excluding tert-OH is 1. The minimum atomic E-state index is -0.798. The van der Waals surface area contributed by atoms with Gasteiger partial charge in [0, 0.05) is 26.2 Å². The molecule has 1 heterocycles. The van der Waals surface area contributed by atoms with Crippen LogP contribution in [0.25, 0.3) is 0 Å². The standard InChI is InChI=1S/C16H24N2O4/c1-22-15-10-12(11-17-7-4-16(20)21)2-3-14(15)18-8-5-13(19)6-9-18/h2-3,10,13,17,19H,4-9,11H2,1H3,(H,20,21). The first-order valence-electron chi connectivity index (χ1n) is 7.62. The van der Waals surface area contributed by atoms with Gasteiger partial charge in [-0.25, -0.2) is 0 Å². The lowest BCUT2D eigenvalue weighted by Crippen LogP contribution is -2.36. The maximum atomic E-state index is 10.5. The summed E-state index contributed by atoms with van der Waals surface area (Å²) in [5, 5.41) is 21.3. The molecule has 1 fully saturated rings. The number of benzene rings is 1. The molecule has 22 heavy (non-hydrogen) atoms. The third-order valence-corrected chi connectivity index (χ3v) is 3.89. The first kappa shape index (κ1) is 16.6. The summed E-state index contributed by atoms with van der Waals surface area (Å²) in [6.45, 7) is 2.72. The molecule has 1 aliphatic rings. The highest BCUT2D eigenvalue weighted by molar-refractivity contribution is 5.66. The Kier molecular flexibility index (Phi) is 6.03. The molecular weight excluding hydrogens is 284 g/mol. The predicted octanol–water partition coefficient (Wildman–Crippen LogP) is 1.22. The van der Waals surface area contributed by atoms with Crippen molar-refractivity contribution in [1.29, 1.82) is 0 Å². The summed E-state index contributed by atoms with van der Waals surface area (Å²) in [6.07, 6.45) is 1.48. The minimum absolute atomic E-state index is 0.116. The largest absolute Gasteiger partial charge is 0.495 e. The number of ether oxygens (including phenoxy) is 1. The second-order valence-corrected chi connectivity index (χ2v) is 5.54. The van der Waals surface area contributed by atoms with Gasteiger partial charge in [-0.2, -0.15) is 0 Å². The highest BCUT2D eigenvalue weighted by atomic mass is 16.5. The zero-order valence-electron chi connectivity index (χ0n) is 12.9. The fourth-order valence-corrected chi connectivity index (χ4v) is 2.63. The molecule has 0 aliphatic carbocycles. The fraction of sp³-hybridized carbons (Fsp3) is 0.562. The van der Waals surface area contributed by atoms with E-state index >= 15 is 0 Å². The Labute approximate surface area is 130 Å². The highest BCUT2D eigenvalue weighted by Crippen LogP contribution is 2.31. The van der Waals surface area contributed by atoms with Gasteiger partial charge in [-0.15, -0.1) is 0 Å². The number of carboxylic acids is 1. The molecule has 0 atom stereocenters. The van der Waals surface area contributed by atoms with Crippen molar-refractivity contribution < 1.29 is 19.7 Å². The normalized spacial score (nSPS) is 15.8. The topological polar surface area (TPSA) is 82.0 Å². The van der Waals surface area contributed by atoms with Crippen LogP contribution >= 0.6 is 0 Å². The third-order valence-electron chi connectivity index (χ3n) is 3.89. The third kappa shape index (κ3) is 4.61. The molecule has 3 N–H and O–H groups in total. The van der Waals surface area contributed by atoms with Crippen LogP contribution < -0.4 is 15.0 Å². The van der Waals surface area contributed by atoms with Crippen molar-refractivity contribution in [2.24, 2.45) is 0 Å². The van der Waals surface area contributed by atoms with Crippen LogP contribution in [0.15, 0.2) is 18.2 Å². The van der Waals surface area contributed by atoms with Crippen LogP contribution in [0.5, 0.6) is 5.75 Å². The Hall–Kier alpha value is -1.79. The lowest BCUT2D eigenvalue weighted by atomic mass is 10.1. The number of rotatable bonds is 7. The maximum Gasteiger partial charge on any atom is 0.304 e. The molecule has 0 amide bonds. The summed E-state index contributed by atoms with van der Waals surface area (Å²) in [5.41, 5.74) is 2.10. The maximum absolute atomic E-state index is 10.5. The number of nitrogens with zero attached hydrogens (tertiary/aromatic N) is 1. The summed E-state index contributed by atoms with van der Waals surface area (Å²) in [7, 11) is 1.65. The Morgan fingerprint density at radius 3 is 2.77 bits per heavy atom. The first-order chi connectivity index (χ1) is 10.6. The number of carboxylic acid groups (broad SMARTS) is 1. The molecule has 0 aromatic heterocycles. The second-order valence-electron chi connectivity index (χ2n) is 5.54. The molecule has 1 aliphatic heterocycles. The van der Waals surface area contributed by atoms with Crippen LogP contribution in [-0.4, -0.2) is 49.0 Å². The molecule has 6 nitrogen and oxygen atoms in total. The van der Waals surface area contributed by atoms with Gasteiger partial charge in [0.15, 0.2) is 0 Å². The van der Waals surface area contributed by atoms with E-state index in [-0.39, 0.29) is 12.5 Å². The van der Waals surface area contributed by atoms with Gasteiger partial charge in [-0.1, -0.05) is 6.07 Å². The first-order valence-corrected chi connectivity index (χ1v) is 7.62. The average molecular weight is 308 g/mol. The van der Waals surface area contributed by atoms with E-state index in [4.69, 9.17) is 9.84 Å². The Bertz CT molecular complexity index is 499. The van der Waals surface area contributed by atoms with E-state index in [0.717, 1.165) is 42.9 Å². The number of anilines is 1. The molecule has 0 radical (unpaired) electrons. The summed E-state index contributed by atoms with van der Waals surface area (Å²) in [4.78, 5) is 12.7. The Morgan fingerprint density at radius 2 is 2.14 bits per heavy atom. The molecule has 1 saturated heterocycles. The number of aliphatic hydroxyl groups is 1. The van der Waals surface area contributed by atoms with Crippen LogP contribution in [0.1, 0.15) is 24.8 Å². The van der Waals surface area contributed by atoms with Gasteiger partial charge < -0.3 is 25.2 Å². The number of hydrogen-bond donors (Lipinski definition) is 3. The summed E-state index contributed by atoms with van der Waals surface area (Å²) in [5.74, 6) is 0.0154. The molecule has 0 unspecified atom stereocenters. The van der Waals surface area contributed by atoms with Gasteiger partial charge in [0.25, 0.3) is 0 Å². The Morgan fingerprint density at radius 1 is 1.41 bits per heavy atom. The molecular formula is C16H24N2O4. The van der Waals surface area contributed by atoms with Gasteiger partial charge >= 0.3 is 5.97 Å². The predicted molar refractivity (Wildman–Crippen MR) is 84.4 cm³/mol. The van der Waals surface area contributed by atoms with Crippen LogP contribution in [0, 0.1) is 0 Å². The zero-order valence-corrected chi connectivity index (χ0v) is 12.9. The van der Waals surface area contributed by atoms with Crippen LogP contribution in [0.4, 0.5) is 5.69 Å². The van der Waals surface area contributed by atoms with E-state index in [0.29, 0.717) is 13.1 Å². The van der Waals surface area contributed by atoms with E-state index < -0.39 is 5.97 Å². The molecule has 1 aromatic rings. The monoisotopic (exact) mass is 308 g/mol. The van der Waals surface area contributed by atoms with Gasteiger partial charge in [0.05, 0.1) is 25.3 Å². The van der Waals surface area contributed by atoms with Crippen molar-refractivity contribution >= 4 is 11.7 Å². The summed E-state index contributed by atoms with van der Waals surface area (Å²) in [6, 6.07) is 6.04. The summed E-state index contributed by atoms with van der Waals surface area (Å²) < 4.78 is 5.48. The molecule has 0 bridgehead atoms. The van der Waals surface area contributed by atoms with E-state index in [1.54, 1.807) is 7.11 Å². The number of carbonyl (C=O) groups is 1. The lowest BCUT2D eigenvalue weighted by Gasteiger charge is -2.32. The van der Waals surface area contributed by atoms with E-state index in [2.05, 4.69) is 10.2 Å². The number of methoxy groups -OCH3 is 1. The molecule has 122 valence electrons. The molecule has 0 saturated carbocycles. The molecule has 2 rings (SSSR count). The quantitative estimate of drug-likeness (QED) is 0.657. The molecule has 0 spiro atoms. The zero-order chi connectivity index (χ0) is 15.9. The van der Waals surface area contributed by atoms with Crippen LogP contribution in [-0.2, 0) is 11.3 Å². The SMILES string of the molecule is COc1cc(CNCCC(=O)O)ccc1N1CCC(O)CC1. The van der Waals surface area contributed by atoms with Crippen LogP contribution in [0.2, 0.25) is 0 Å². The average Bonchev–Trinajstić information content (AvgIpc) is 2.52. The van der Waals surface area contributed by atoms with Crippen molar-refractivity contribution in [3.05, 3.63) is 23.8 Å². The number of nitrogens with one attached hydrogen (secondary N) is 1. The molecule has 6 heteroatoms. The van der Waals surface area contributed by atoms with E-state index in [9.17, 15) is 9.90 Å². The fourth-order valence-electron chi connectivity index (χ4n) is 2.63. The smallest absolute Gasteiger partial charge is 0.304 e. The minimum Gasteiger partial charge on any atom is -0.495 e. The van der Waals surface area contributed by atoms with E-state index in [1.807, 2.05) is 18.2 Å². The van der Waals surface area contributed by atoms with Gasteiger partial charge in [0.1, 0.15) is 5.75 Å². The Balaban J connectivity index is 1.96. The second kappa shape index (κ2) is 8.00. The molecule has 1 aromatic carbocycles. The van der Waals surface area contributed by atoms with Gasteiger partial charge in [-0.05, 0) is 30.5 Å². The van der Waals surface area contributed by atoms with Crippen molar-refractivity contribution in [1.82, 2.24) is 5.32 Å². The van der Waals surface area contributed by atoms with Crippen molar-refractivity contribution in [2.75, 3.05) is 31.6 Å². The van der Waals surface area contributed by atoms with E-state index in [1.165, 1.54) is 0 Å². The van der Waals surface area contributed by atoms with Crippen molar-refractivity contribution in [3.63, 3.8) is 0 Å². The summed E-state index contributed by atoms with van der Waals surface area (Å²) >= 11 is 0. The number of piperidine rings is 1. The van der Waals surface area contributed by atoms with Crippen molar-refractivity contribution in [3.8, 4) is 5.75 Å². The lowest BCUT2D eigenvalue weighted by molar-refractivity contribution is -0.136. The van der Waals surface area contributed by atoms with Gasteiger partial charge in [-0.3, -0.25) is 4.79 Å².